The number of benzene rings is 3. The van der Waals surface area contributed by atoms with Crippen molar-refractivity contribution in [3.05, 3.63) is 113 Å². The molecule has 0 radical (unpaired) electrons. The quantitative estimate of drug-likeness (QED) is 0.596. The van der Waals surface area contributed by atoms with Gasteiger partial charge in [-0.05, 0) is 17.2 Å². The molecule has 126 valence electrons. The van der Waals surface area contributed by atoms with Crippen molar-refractivity contribution in [1.29, 1.82) is 0 Å². The molecule has 0 fully saturated rings. The van der Waals surface area contributed by atoms with Crippen molar-refractivity contribution in [2.24, 2.45) is 0 Å². The number of rotatable bonds is 3. The third kappa shape index (κ3) is 2.42. The lowest BCUT2D eigenvalue weighted by molar-refractivity contribution is 0.0835. The summed E-state index contributed by atoms with van der Waals surface area (Å²) in [7, 11) is 0. The van der Waals surface area contributed by atoms with Crippen LogP contribution < -0.4 is 0 Å². The van der Waals surface area contributed by atoms with Crippen molar-refractivity contribution in [2.45, 2.75) is 5.41 Å². The molecule has 1 aliphatic carbocycles. The number of hydrogen-bond donors (Lipinski definition) is 0. The van der Waals surface area contributed by atoms with Crippen LogP contribution in [0.1, 0.15) is 31.8 Å². The minimum Gasteiger partial charge on any atom is -0.292 e. The Balaban J connectivity index is 1.97. The summed E-state index contributed by atoms with van der Waals surface area (Å²) in [4.78, 5) is 26.7. The van der Waals surface area contributed by atoms with Crippen LogP contribution in [0.5, 0.6) is 0 Å². The Labute approximate surface area is 156 Å². The third-order valence-corrected chi connectivity index (χ3v) is 5.08. The van der Waals surface area contributed by atoms with E-state index in [1.807, 2.05) is 48.5 Å². The molecule has 26 heavy (non-hydrogen) atoms. The Hall–Kier alpha value is -2.97. The van der Waals surface area contributed by atoms with E-state index in [-0.39, 0.29) is 11.6 Å². The second-order valence-corrected chi connectivity index (χ2v) is 6.64. The molecule has 3 aromatic rings. The number of carbonyl (C=O) groups is 2. The van der Waals surface area contributed by atoms with E-state index in [9.17, 15) is 9.59 Å². The molecule has 4 rings (SSSR count). The second kappa shape index (κ2) is 6.40. The maximum atomic E-state index is 13.4. The molecule has 0 amide bonds. The van der Waals surface area contributed by atoms with E-state index < -0.39 is 5.41 Å². The fourth-order valence-corrected chi connectivity index (χ4v) is 3.75. The Kier molecular flexibility index (Phi) is 4.06. The zero-order valence-electron chi connectivity index (χ0n) is 13.9. The number of allylic oxidation sites excluding steroid dienone is 1. The van der Waals surface area contributed by atoms with E-state index in [1.54, 1.807) is 42.5 Å². The van der Waals surface area contributed by atoms with Gasteiger partial charge in [0.2, 0.25) is 0 Å². The third-order valence-electron chi connectivity index (χ3n) is 4.75. The van der Waals surface area contributed by atoms with E-state index >= 15 is 0 Å². The van der Waals surface area contributed by atoms with Crippen LogP contribution >= 0.6 is 11.6 Å². The van der Waals surface area contributed by atoms with Gasteiger partial charge in [-0.3, -0.25) is 9.59 Å². The highest BCUT2D eigenvalue weighted by Gasteiger charge is 2.52. The van der Waals surface area contributed by atoms with Gasteiger partial charge in [-0.2, -0.15) is 0 Å². The van der Waals surface area contributed by atoms with Gasteiger partial charge in [-0.15, -0.1) is 0 Å². The van der Waals surface area contributed by atoms with Crippen molar-refractivity contribution in [1.82, 2.24) is 0 Å². The van der Waals surface area contributed by atoms with Gasteiger partial charge >= 0.3 is 0 Å². The highest BCUT2D eigenvalue weighted by atomic mass is 35.5. The van der Waals surface area contributed by atoms with Crippen LogP contribution in [-0.2, 0) is 5.41 Å². The van der Waals surface area contributed by atoms with Gasteiger partial charge in [0.25, 0.3) is 0 Å². The van der Waals surface area contributed by atoms with Gasteiger partial charge in [-0.25, -0.2) is 0 Å². The van der Waals surface area contributed by atoms with Crippen LogP contribution in [0.15, 0.2) is 91.0 Å². The molecule has 0 heterocycles. The standard InChI is InChI=1S/C23H15ClO2/c24-20(16-9-3-1-4-10-16)15-23(17-11-5-2-6-12-17)21(25)18-13-7-8-14-19(18)22(23)26/h1-15H/b20-15-. The van der Waals surface area contributed by atoms with Gasteiger partial charge in [0.05, 0.1) is 0 Å². The Morgan fingerprint density at radius 2 is 1.15 bits per heavy atom. The summed E-state index contributed by atoms with van der Waals surface area (Å²) >= 11 is 6.56. The molecule has 0 aliphatic heterocycles. The van der Waals surface area contributed by atoms with E-state index in [1.165, 1.54) is 0 Å². The smallest absolute Gasteiger partial charge is 0.185 e. The first-order chi connectivity index (χ1) is 12.6. The monoisotopic (exact) mass is 358 g/mol. The van der Waals surface area contributed by atoms with Crippen molar-refractivity contribution in [3.63, 3.8) is 0 Å². The minimum atomic E-state index is -1.43. The number of carbonyl (C=O) groups excluding carboxylic acids is 2. The van der Waals surface area contributed by atoms with Crippen LogP contribution in [0.25, 0.3) is 5.03 Å². The summed E-state index contributed by atoms with van der Waals surface area (Å²) in [5, 5.41) is 0.379. The molecular formula is C23H15ClO2. The summed E-state index contributed by atoms with van der Waals surface area (Å²) < 4.78 is 0. The largest absolute Gasteiger partial charge is 0.292 e. The number of hydrogen-bond acceptors (Lipinski definition) is 2. The highest BCUT2D eigenvalue weighted by Crippen LogP contribution is 2.43. The predicted octanol–water partition coefficient (Wildman–Crippen LogP) is 5.28. The van der Waals surface area contributed by atoms with Crippen molar-refractivity contribution >= 4 is 28.2 Å². The minimum absolute atomic E-state index is 0.238. The Bertz CT molecular complexity index is 985. The molecule has 0 atom stereocenters. The van der Waals surface area contributed by atoms with Gasteiger partial charge in [0, 0.05) is 16.2 Å². The lowest BCUT2D eigenvalue weighted by Crippen LogP contribution is -2.36. The maximum Gasteiger partial charge on any atom is 0.185 e. The normalized spacial score (nSPS) is 15.8. The van der Waals surface area contributed by atoms with Crippen LogP contribution in [-0.4, -0.2) is 11.6 Å². The summed E-state index contributed by atoms with van der Waals surface area (Å²) in [5.74, 6) is -0.475. The molecule has 1 aliphatic rings. The predicted molar refractivity (Wildman–Crippen MR) is 103 cm³/mol. The van der Waals surface area contributed by atoms with Gasteiger partial charge in [0.1, 0.15) is 5.41 Å². The number of fused-ring (bicyclic) bond motifs is 1. The first kappa shape index (κ1) is 16.5. The zero-order chi connectivity index (χ0) is 18.1. The summed E-state index contributed by atoms with van der Waals surface area (Å²) in [6, 6.07) is 25.4. The number of Topliss-reactive ketones (excluding diaryl/α,β-unsaturated/α-hetero) is 2. The number of halogens is 1. The summed E-state index contributed by atoms with van der Waals surface area (Å²) in [6.45, 7) is 0. The molecule has 0 N–H and O–H groups in total. The van der Waals surface area contributed by atoms with Crippen molar-refractivity contribution in [2.75, 3.05) is 0 Å². The van der Waals surface area contributed by atoms with Gasteiger partial charge in [0.15, 0.2) is 11.6 Å². The number of ketones is 2. The molecule has 2 nitrogen and oxygen atoms in total. The molecule has 3 heteroatoms. The summed E-state index contributed by atoms with van der Waals surface area (Å²) in [5.41, 5.74) is 0.837. The average molecular weight is 359 g/mol. The fraction of sp³-hybridized carbons (Fsp3) is 0.0435. The maximum absolute atomic E-state index is 13.4. The molecule has 0 saturated heterocycles. The van der Waals surface area contributed by atoms with Gasteiger partial charge in [-0.1, -0.05) is 96.5 Å². The lowest BCUT2D eigenvalue weighted by Gasteiger charge is -2.23. The van der Waals surface area contributed by atoms with E-state index in [2.05, 4.69) is 0 Å². The molecule has 0 unspecified atom stereocenters. The topological polar surface area (TPSA) is 34.1 Å². The molecule has 3 aromatic carbocycles. The van der Waals surface area contributed by atoms with Crippen LogP contribution in [0, 0.1) is 0 Å². The second-order valence-electron chi connectivity index (χ2n) is 6.24. The van der Waals surface area contributed by atoms with Crippen molar-refractivity contribution < 1.29 is 9.59 Å². The Morgan fingerprint density at radius 3 is 1.69 bits per heavy atom. The van der Waals surface area contributed by atoms with E-state index in [0.29, 0.717) is 21.7 Å². The fourth-order valence-electron chi connectivity index (χ4n) is 3.46. The summed E-state index contributed by atoms with van der Waals surface area (Å²) in [6.07, 6.45) is 1.60. The van der Waals surface area contributed by atoms with Crippen LogP contribution in [0.4, 0.5) is 0 Å². The Morgan fingerprint density at radius 1 is 0.692 bits per heavy atom. The van der Waals surface area contributed by atoms with Gasteiger partial charge < -0.3 is 0 Å². The van der Waals surface area contributed by atoms with E-state index in [0.717, 1.165) is 5.56 Å². The molecule has 0 spiro atoms. The average Bonchev–Trinajstić information content (AvgIpc) is 2.92. The van der Waals surface area contributed by atoms with Crippen LogP contribution in [0.2, 0.25) is 0 Å². The first-order valence-electron chi connectivity index (χ1n) is 8.32. The highest BCUT2D eigenvalue weighted by molar-refractivity contribution is 6.50. The molecule has 0 aromatic heterocycles. The zero-order valence-corrected chi connectivity index (χ0v) is 14.6. The SMILES string of the molecule is O=C1c2ccccc2C(=O)C1(/C=C(\Cl)c1ccccc1)c1ccccc1. The lowest BCUT2D eigenvalue weighted by atomic mass is 9.75. The first-order valence-corrected chi connectivity index (χ1v) is 8.70. The van der Waals surface area contributed by atoms with Crippen LogP contribution in [0.3, 0.4) is 0 Å². The molecule has 0 bridgehead atoms. The molecular weight excluding hydrogens is 344 g/mol. The molecule has 0 saturated carbocycles. The van der Waals surface area contributed by atoms with Crippen molar-refractivity contribution in [3.8, 4) is 0 Å². The van der Waals surface area contributed by atoms with E-state index in [4.69, 9.17) is 11.6 Å².